The van der Waals surface area contributed by atoms with Gasteiger partial charge in [-0.05, 0) is 33.8 Å². The van der Waals surface area contributed by atoms with Gasteiger partial charge in [-0.2, -0.15) is 5.26 Å². The molecule has 0 saturated heterocycles. The molecule has 7 nitrogen and oxygen atoms in total. The highest BCUT2D eigenvalue weighted by Gasteiger charge is 2.22. The Morgan fingerprint density at radius 1 is 1.38 bits per heavy atom. The first-order chi connectivity index (χ1) is 12.3. The van der Waals surface area contributed by atoms with E-state index in [0.29, 0.717) is 36.4 Å². The first kappa shape index (κ1) is 20.0. The normalized spacial score (nSPS) is 11.4. The van der Waals surface area contributed by atoms with Crippen LogP contribution < -0.4 is 4.74 Å². The molecule has 2 heterocycles. The van der Waals surface area contributed by atoms with E-state index in [4.69, 9.17) is 31.1 Å². The molecule has 0 N–H and O–H groups in total. The molecule has 2 aromatic rings. The summed E-state index contributed by atoms with van der Waals surface area (Å²) >= 11 is 6.25. The summed E-state index contributed by atoms with van der Waals surface area (Å²) in [6, 6.07) is 3.66. The van der Waals surface area contributed by atoms with Crippen LogP contribution in [0.25, 0.3) is 11.0 Å². The van der Waals surface area contributed by atoms with E-state index in [1.54, 1.807) is 33.0 Å². The van der Waals surface area contributed by atoms with Gasteiger partial charge >= 0.3 is 6.09 Å². The van der Waals surface area contributed by atoms with Crippen LogP contribution in [0.5, 0.6) is 5.88 Å². The molecule has 0 aromatic carbocycles. The molecule has 0 aliphatic heterocycles. The number of nitriles is 1. The van der Waals surface area contributed by atoms with Gasteiger partial charge in [0, 0.05) is 18.4 Å². The summed E-state index contributed by atoms with van der Waals surface area (Å²) in [5, 5.41) is 9.33. The van der Waals surface area contributed by atoms with E-state index < -0.39 is 11.7 Å². The van der Waals surface area contributed by atoms with Crippen molar-refractivity contribution in [2.75, 3.05) is 19.8 Å². The summed E-state index contributed by atoms with van der Waals surface area (Å²) in [6.45, 7) is 8.54. The quantitative estimate of drug-likeness (QED) is 0.706. The third-order valence-electron chi connectivity index (χ3n) is 3.30. The molecule has 0 unspecified atom stereocenters. The summed E-state index contributed by atoms with van der Waals surface area (Å²) in [6.07, 6.45) is 1.09. The fourth-order valence-electron chi connectivity index (χ4n) is 2.29. The molecule has 8 heteroatoms. The van der Waals surface area contributed by atoms with E-state index in [1.807, 2.05) is 6.92 Å². The van der Waals surface area contributed by atoms with Crippen molar-refractivity contribution in [1.82, 2.24) is 9.55 Å². The molecule has 0 atom stereocenters. The minimum absolute atomic E-state index is 0.0965. The lowest BCUT2D eigenvalue weighted by molar-refractivity contribution is 0.0544. The van der Waals surface area contributed by atoms with Crippen molar-refractivity contribution >= 4 is 28.7 Å². The highest BCUT2D eigenvalue weighted by Crippen LogP contribution is 2.30. The van der Waals surface area contributed by atoms with E-state index in [9.17, 15) is 4.79 Å². The van der Waals surface area contributed by atoms with Crippen LogP contribution in [0.3, 0.4) is 0 Å². The number of hydrogen-bond acceptors (Lipinski definition) is 6. The zero-order valence-electron chi connectivity index (χ0n) is 15.3. The Balaban J connectivity index is 2.42. The molecule has 0 amide bonds. The smallest absolute Gasteiger partial charge is 0.419 e. The standard InChI is InChI=1S/C18H22ClN3O4/c1-5-24-8-9-25-16-13(19)10-14-15(21-16)12(6-7-20)11-22(14)17(23)26-18(2,3)4/h10-11H,5-6,8-9H2,1-4H3. The van der Waals surface area contributed by atoms with E-state index in [0.717, 1.165) is 0 Å². The van der Waals surface area contributed by atoms with Gasteiger partial charge in [0.25, 0.3) is 0 Å². The first-order valence-corrected chi connectivity index (χ1v) is 8.66. The van der Waals surface area contributed by atoms with Crippen LogP contribution in [0.4, 0.5) is 4.79 Å². The lowest BCUT2D eigenvalue weighted by Gasteiger charge is -2.19. The number of pyridine rings is 1. The third kappa shape index (κ3) is 4.87. The van der Waals surface area contributed by atoms with E-state index in [1.165, 1.54) is 4.57 Å². The number of carbonyl (C=O) groups is 1. The van der Waals surface area contributed by atoms with Gasteiger partial charge in [0.1, 0.15) is 17.2 Å². The molecule has 2 aromatic heterocycles. The van der Waals surface area contributed by atoms with Crippen LogP contribution in [-0.4, -0.2) is 41.1 Å². The van der Waals surface area contributed by atoms with Gasteiger partial charge in [-0.3, -0.25) is 4.57 Å². The lowest BCUT2D eigenvalue weighted by atomic mass is 10.2. The van der Waals surface area contributed by atoms with E-state index >= 15 is 0 Å². The summed E-state index contributed by atoms with van der Waals surface area (Å²) in [7, 11) is 0. The van der Waals surface area contributed by atoms with Gasteiger partial charge in [0.2, 0.25) is 5.88 Å². The Bertz CT molecular complexity index is 834. The van der Waals surface area contributed by atoms with Crippen LogP contribution in [-0.2, 0) is 15.9 Å². The van der Waals surface area contributed by atoms with Crippen LogP contribution in [0.2, 0.25) is 5.02 Å². The number of halogens is 1. The Morgan fingerprint density at radius 3 is 2.73 bits per heavy atom. The van der Waals surface area contributed by atoms with Crippen molar-refractivity contribution in [2.45, 2.75) is 39.7 Å². The van der Waals surface area contributed by atoms with Crippen molar-refractivity contribution in [3.05, 3.63) is 22.8 Å². The molecule has 2 rings (SSSR count). The van der Waals surface area contributed by atoms with Gasteiger partial charge in [-0.15, -0.1) is 0 Å². The van der Waals surface area contributed by atoms with Gasteiger partial charge in [-0.1, -0.05) is 11.6 Å². The second-order valence-electron chi connectivity index (χ2n) is 6.53. The van der Waals surface area contributed by atoms with E-state index in [-0.39, 0.29) is 17.3 Å². The maximum Gasteiger partial charge on any atom is 0.419 e. The second-order valence-corrected chi connectivity index (χ2v) is 6.94. The third-order valence-corrected chi connectivity index (χ3v) is 3.57. The molecule has 0 saturated carbocycles. The van der Waals surface area contributed by atoms with Crippen molar-refractivity contribution in [2.24, 2.45) is 0 Å². The van der Waals surface area contributed by atoms with Crippen LogP contribution in [0, 0.1) is 11.3 Å². The fraction of sp³-hybridized carbons (Fsp3) is 0.500. The molecule has 0 aliphatic rings. The van der Waals surface area contributed by atoms with Crippen molar-refractivity contribution in [3.8, 4) is 11.9 Å². The minimum Gasteiger partial charge on any atom is -0.474 e. The Labute approximate surface area is 157 Å². The number of rotatable bonds is 6. The maximum absolute atomic E-state index is 12.5. The summed E-state index contributed by atoms with van der Waals surface area (Å²) in [5.74, 6) is 0.236. The Morgan fingerprint density at radius 2 is 2.12 bits per heavy atom. The number of nitrogens with zero attached hydrogens (tertiary/aromatic N) is 3. The first-order valence-electron chi connectivity index (χ1n) is 8.28. The largest absolute Gasteiger partial charge is 0.474 e. The van der Waals surface area contributed by atoms with Gasteiger partial charge < -0.3 is 14.2 Å². The number of hydrogen-bond donors (Lipinski definition) is 0. The molecule has 0 radical (unpaired) electrons. The zero-order chi connectivity index (χ0) is 19.3. The summed E-state index contributed by atoms with van der Waals surface area (Å²) in [4.78, 5) is 16.9. The van der Waals surface area contributed by atoms with Gasteiger partial charge in [-0.25, -0.2) is 9.78 Å². The van der Waals surface area contributed by atoms with Crippen LogP contribution >= 0.6 is 11.6 Å². The fourth-order valence-corrected chi connectivity index (χ4v) is 2.49. The van der Waals surface area contributed by atoms with Crippen LogP contribution in [0.1, 0.15) is 33.3 Å². The highest BCUT2D eigenvalue weighted by atomic mass is 35.5. The molecular formula is C18H22ClN3O4. The molecule has 0 spiro atoms. The second kappa shape index (κ2) is 8.39. The Kier molecular flexibility index (Phi) is 6.46. The number of carbonyl (C=O) groups excluding carboxylic acids is 1. The van der Waals surface area contributed by atoms with Crippen molar-refractivity contribution in [3.63, 3.8) is 0 Å². The maximum atomic E-state index is 12.5. The zero-order valence-corrected chi connectivity index (χ0v) is 16.1. The van der Waals surface area contributed by atoms with E-state index in [2.05, 4.69) is 11.1 Å². The topological polar surface area (TPSA) is 86.4 Å². The predicted molar refractivity (Wildman–Crippen MR) is 97.7 cm³/mol. The average Bonchev–Trinajstić information content (AvgIpc) is 2.88. The lowest BCUT2D eigenvalue weighted by Crippen LogP contribution is -2.26. The Hall–Kier alpha value is -2.30. The number of ether oxygens (including phenoxy) is 3. The average molecular weight is 380 g/mol. The van der Waals surface area contributed by atoms with Crippen LogP contribution in [0.15, 0.2) is 12.3 Å². The van der Waals surface area contributed by atoms with Crippen molar-refractivity contribution < 1.29 is 19.0 Å². The monoisotopic (exact) mass is 379 g/mol. The number of fused-ring (bicyclic) bond motifs is 1. The molecule has 0 fully saturated rings. The molecule has 26 heavy (non-hydrogen) atoms. The molecular weight excluding hydrogens is 358 g/mol. The molecule has 0 bridgehead atoms. The minimum atomic E-state index is -0.650. The molecule has 0 aliphatic carbocycles. The summed E-state index contributed by atoms with van der Waals surface area (Å²) in [5.41, 5.74) is 0.891. The van der Waals surface area contributed by atoms with Gasteiger partial charge in [0.15, 0.2) is 0 Å². The SMILES string of the molecule is CCOCCOc1nc2c(CC#N)cn(C(=O)OC(C)(C)C)c2cc1Cl. The summed E-state index contributed by atoms with van der Waals surface area (Å²) < 4.78 is 17.5. The molecule has 140 valence electrons. The highest BCUT2D eigenvalue weighted by molar-refractivity contribution is 6.32. The number of aromatic nitrogens is 2. The van der Waals surface area contributed by atoms with Gasteiger partial charge in [0.05, 0.1) is 30.1 Å². The van der Waals surface area contributed by atoms with Crippen molar-refractivity contribution in [1.29, 1.82) is 5.26 Å². The predicted octanol–water partition coefficient (Wildman–Crippen LogP) is 3.95.